The highest BCUT2D eigenvalue weighted by atomic mass is 35.5. The minimum Gasteiger partial charge on any atom is -0.452 e. The molecule has 0 spiro atoms. The van der Waals surface area contributed by atoms with Crippen molar-refractivity contribution >= 4 is 56.3 Å². The fourth-order valence-electron chi connectivity index (χ4n) is 2.01. The second kappa shape index (κ2) is 8.55. The van der Waals surface area contributed by atoms with Crippen LogP contribution in [-0.4, -0.2) is 38.1 Å². The number of anilines is 1. The average molecular weight is 447 g/mol. The van der Waals surface area contributed by atoms with Crippen LogP contribution in [0.4, 0.5) is 11.4 Å². The van der Waals surface area contributed by atoms with Crippen molar-refractivity contribution in [3.63, 3.8) is 0 Å². The average Bonchev–Trinajstić information content (AvgIpc) is 2.60. The number of benzene rings is 2. The van der Waals surface area contributed by atoms with Gasteiger partial charge in [0.25, 0.3) is 11.6 Å². The molecule has 0 aliphatic rings. The lowest BCUT2D eigenvalue weighted by atomic mass is 10.2. The number of nitro benzene ring substituents is 1. The van der Waals surface area contributed by atoms with Gasteiger partial charge in [-0.25, -0.2) is 13.2 Å². The normalized spacial score (nSPS) is 11.0. The molecule has 2 aromatic carbocycles. The third kappa shape index (κ3) is 5.41. The largest absolute Gasteiger partial charge is 0.452 e. The maximum atomic E-state index is 12.0. The quantitative estimate of drug-likeness (QED) is 0.409. The number of hydrogen-bond donors (Lipinski definition) is 1. The molecule has 1 N–H and O–H groups in total. The zero-order valence-electron chi connectivity index (χ0n) is 14.1. The van der Waals surface area contributed by atoms with Gasteiger partial charge in [0.1, 0.15) is 0 Å². The van der Waals surface area contributed by atoms with Crippen molar-refractivity contribution in [2.45, 2.75) is 4.90 Å². The lowest BCUT2D eigenvalue weighted by Crippen LogP contribution is -2.21. The highest BCUT2D eigenvalue weighted by Crippen LogP contribution is 2.26. The molecule has 9 nitrogen and oxygen atoms in total. The van der Waals surface area contributed by atoms with Gasteiger partial charge in [0.15, 0.2) is 16.4 Å². The van der Waals surface area contributed by atoms with Gasteiger partial charge in [0.2, 0.25) is 0 Å². The summed E-state index contributed by atoms with van der Waals surface area (Å²) in [4.78, 5) is 34.0. The topological polar surface area (TPSA) is 133 Å². The molecule has 0 saturated heterocycles. The number of nitrogens with one attached hydrogen (secondary N) is 1. The lowest BCUT2D eigenvalue weighted by molar-refractivity contribution is -0.384. The van der Waals surface area contributed by atoms with Crippen LogP contribution in [0.25, 0.3) is 0 Å². The molecular formula is C16H12Cl2N2O7S. The maximum Gasteiger partial charge on any atom is 0.340 e. The summed E-state index contributed by atoms with van der Waals surface area (Å²) in [6.07, 6.45) is 0.992. The fourth-order valence-corrected chi connectivity index (χ4v) is 3.02. The molecule has 1 amide bonds. The first-order valence-electron chi connectivity index (χ1n) is 7.39. The van der Waals surface area contributed by atoms with Crippen LogP contribution in [0.2, 0.25) is 10.0 Å². The summed E-state index contributed by atoms with van der Waals surface area (Å²) in [5, 5.41) is 13.1. The number of rotatable bonds is 6. The summed E-state index contributed by atoms with van der Waals surface area (Å²) in [5.41, 5.74) is -0.634. The van der Waals surface area contributed by atoms with Crippen LogP contribution in [0.15, 0.2) is 41.3 Å². The highest BCUT2D eigenvalue weighted by Gasteiger charge is 2.19. The van der Waals surface area contributed by atoms with Gasteiger partial charge in [-0.2, -0.15) is 0 Å². The smallest absolute Gasteiger partial charge is 0.340 e. The van der Waals surface area contributed by atoms with E-state index in [1.54, 1.807) is 0 Å². The van der Waals surface area contributed by atoms with Gasteiger partial charge in [-0.05, 0) is 24.3 Å². The molecule has 0 atom stereocenters. The van der Waals surface area contributed by atoms with Gasteiger partial charge in [-0.15, -0.1) is 0 Å². The Labute approximate surface area is 169 Å². The molecule has 0 radical (unpaired) electrons. The van der Waals surface area contributed by atoms with Gasteiger partial charge >= 0.3 is 5.97 Å². The molecule has 148 valence electrons. The molecule has 0 bridgehead atoms. The third-order valence-electron chi connectivity index (χ3n) is 3.36. The monoisotopic (exact) mass is 446 g/mol. The molecule has 0 saturated carbocycles. The zero-order chi connectivity index (χ0) is 21.1. The number of carbonyl (C=O) groups excluding carboxylic acids is 2. The van der Waals surface area contributed by atoms with E-state index in [-0.39, 0.29) is 31.9 Å². The third-order valence-corrected chi connectivity index (χ3v) is 5.12. The number of non-ortho nitro benzene ring substituents is 1. The summed E-state index contributed by atoms with van der Waals surface area (Å²) >= 11 is 11.7. The summed E-state index contributed by atoms with van der Waals surface area (Å²) < 4.78 is 27.9. The van der Waals surface area contributed by atoms with Crippen molar-refractivity contribution in [1.29, 1.82) is 0 Å². The molecule has 0 aromatic heterocycles. The summed E-state index contributed by atoms with van der Waals surface area (Å²) in [5.74, 6) is -1.85. The van der Waals surface area contributed by atoms with Gasteiger partial charge < -0.3 is 10.1 Å². The second-order valence-corrected chi connectivity index (χ2v) is 8.29. The first kappa shape index (κ1) is 21.6. The zero-order valence-corrected chi connectivity index (χ0v) is 16.5. The predicted molar refractivity (Wildman–Crippen MR) is 102 cm³/mol. The number of nitro groups is 1. The molecule has 2 rings (SSSR count). The molecular weight excluding hydrogens is 435 g/mol. The summed E-state index contributed by atoms with van der Waals surface area (Å²) in [6.45, 7) is -0.753. The minimum atomic E-state index is -3.52. The standard InChI is InChI=1S/C16H12Cl2N2O7S/c1-28(25,26)10-3-5-13(18)14(7-10)19-15(21)8-27-16(22)11-6-9(20(23)24)2-4-12(11)17/h2-7H,8H2,1H3,(H,19,21). The van der Waals surface area contributed by atoms with Crippen molar-refractivity contribution in [2.24, 2.45) is 0 Å². The van der Waals surface area contributed by atoms with Crippen LogP contribution >= 0.6 is 23.2 Å². The van der Waals surface area contributed by atoms with E-state index in [1.807, 2.05) is 0 Å². The molecule has 0 unspecified atom stereocenters. The van der Waals surface area contributed by atoms with Crippen molar-refractivity contribution in [2.75, 3.05) is 18.2 Å². The Morgan fingerprint density at radius 3 is 2.39 bits per heavy atom. The Kier molecular flexibility index (Phi) is 6.60. The Morgan fingerprint density at radius 2 is 1.79 bits per heavy atom. The number of ether oxygens (including phenoxy) is 1. The van der Waals surface area contributed by atoms with E-state index in [1.165, 1.54) is 12.1 Å². The Balaban J connectivity index is 2.08. The number of esters is 1. The first-order valence-corrected chi connectivity index (χ1v) is 10.0. The van der Waals surface area contributed by atoms with Crippen LogP contribution in [0.1, 0.15) is 10.4 Å². The van der Waals surface area contributed by atoms with Crippen LogP contribution in [-0.2, 0) is 19.4 Å². The number of nitrogens with zero attached hydrogens (tertiary/aromatic N) is 1. The van der Waals surface area contributed by atoms with E-state index in [9.17, 15) is 28.1 Å². The molecule has 0 heterocycles. The van der Waals surface area contributed by atoms with Gasteiger partial charge in [-0.3, -0.25) is 14.9 Å². The summed E-state index contributed by atoms with van der Waals surface area (Å²) in [7, 11) is -3.52. The number of sulfone groups is 1. The number of carbonyl (C=O) groups is 2. The van der Waals surface area contributed by atoms with Crippen LogP contribution < -0.4 is 5.32 Å². The van der Waals surface area contributed by atoms with Crippen LogP contribution in [0, 0.1) is 10.1 Å². The fraction of sp³-hybridized carbons (Fsp3) is 0.125. The Hall–Kier alpha value is -2.69. The second-order valence-electron chi connectivity index (χ2n) is 5.46. The van der Waals surface area contributed by atoms with E-state index in [4.69, 9.17) is 27.9 Å². The number of amides is 1. The molecule has 2 aromatic rings. The summed E-state index contributed by atoms with van der Waals surface area (Å²) in [6, 6.07) is 6.93. The molecule has 0 aliphatic carbocycles. The minimum absolute atomic E-state index is 0.0130. The SMILES string of the molecule is CS(=O)(=O)c1ccc(Cl)c(NC(=O)COC(=O)c2cc([N+](=O)[O-])ccc2Cl)c1. The maximum absolute atomic E-state index is 12.0. The lowest BCUT2D eigenvalue weighted by Gasteiger charge is -2.10. The van der Waals surface area contributed by atoms with E-state index < -0.39 is 33.2 Å². The van der Waals surface area contributed by atoms with E-state index in [2.05, 4.69) is 5.32 Å². The van der Waals surface area contributed by atoms with Gasteiger partial charge in [0.05, 0.1) is 31.1 Å². The van der Waals surface area contributed by atoms with Gasteiger partial charge in [-0.1, -0.05) is 23.2 Å². The number of hydrogen-bond acceptors (Lipinski definition) is 7. The van der Waals surface area contributed by atoms with Crippen molar-refractivity contribution < 1.29 is 27.7 Å². The molecule has 0 fully saturated rings. The molecule has 12 heteroatoms. The van der Waals surface area contributed by atoms with Gasteiger partial charge in [0, 0.05) is 18.4 Å². The van der Waals surface area contributed by atoms with E-state index >= 15 is 0 Å². The van der Waals surface area contributed by atoms with Crippen LogP contribution in [0.5, 0.6) is 0 Å². The Morgan fingerprint density at radius 1 is 1.14 bits per heavy atom. The van der Waals surface area contributed by atoms with Crippen molar-refractivity contribution in [1.82, 2.24) is 0 Å². The molecule has 28 heavy (non-hydrogen) atoms. The van der Waals surface area contributed by atoms with Crippen molar-refractivity contribution in [3.05, 3.63) is 62.1 Å². The first-order chi connectivity index (χ1) is 13.0. The van der Waals surface area contributed by atoms with E-state index in [0.29, 0.717) is 0 Å². The van der Waals surface area contributed by atoms with Crippen LogP contribution in [0.3, 0.4) is 0 Å². The van der Waals surface area contributed by atoms with Crippen molar-refractivity contribution in [3.8, 4) is 0 Å². The van der Waals surface area contributed by atoms with E-state index in [0.717, 1.165) is 30.5 Å². The predicted octanol–water partition coefficient (Wildman–Crippen LogP) is 3.10. The highest BCUT2D eigenvalue weighted by molar-refractivity contribution is 7.90. The Bertz CT molecular complexity index is 1070. The molecule has 0 aliphatic heterocycles. The number of halogens is 2.